The fraction of sp³-hybridized carbons (Fsp3) is 0.900. The van der Waals surface area contributed by atoms with Gasteiger partial charge in [-0.25, -0.2) is 0 Å². The molecule has 24 heavy (non-hydrogen) atoms. The topological polar surface area (TPSA) is 52.6 Å². The van der Waals surface area contributed by atoms with Crippen LogP contribution in [0.1, 0.15) is 65.7 Å². The smallest absolute Gasteiger partial charge is 0.303 e. The van der Waals surface area contributed by atoms with Crippen molar-refractivity contribution in [1.29, 1.82) is 0 Å². The molecule has 0 bridgehead atoms. The lowest BCUT2D eigenvalue weighted by molar-refractivity contribution is -0.175. The van der Waals surface area contributed by atoms with E-state index in [1.807, 2.05) is 0 Å². The molecule has 4 aliphatic rings. The third-order valence-electron chi connectivity index (χ3n) is 7.94. The summed E-state index contributed by atoms with van der Waals surface area (Å²) in [5.41, 5.74) is 0.410. The lowest BCUT2D eigenvalue weighted by Crippen LogP contribution is -2.58. The number of hydrogen-bond acceptors (Lipinski definition) is 4. The molecular formula is C20H30O4. The molecule has 4 rings (SSSR count). The Bertz CT molecular complexity index is 558. The first kappa shape index (κ1) is 16.6. The number of rotatable bonds is 1. The van der Waals surface area contributed by atoms with E-state index in [9.17, 15) is 9.59 Å². The first-order valence-corrected chi connectivity index (χ1v) is 9.68. The number of esters is 1. The number of carbonyl (C=O) groups is 2. The Balaban J connectivity index is 1.58. The molecule has 0 unspecified atom stereocenters. The molecule has 4 heteroatoms. The van der Waals surface area contributed by atoms with Crippen LogP contribution in [0.2, 0.25) is 0 Å². The van der Waals surface area contributed by atoms with Crippen molar-refractivity contribution < 1.29 is 19.1 Å². The third-order valence-corrected chi connectivity index (χ3v) is 7.94. The van der Waals surface area contributed by atoms with Gasteiger partial charge in [0.2, 0.25) is 0 Å². The Morgan fingerprint density at radius 2 is 1.92 bits per heavy atom. The van der Waals surface area contributed by atoms with E-state index in [4.69, 9.17) is 9.47 Å². The minimum atomic E-state index is -0.506. The highest BCUT2D eigenvalue weighted by atomic mass is 16.5. The van der Waals surface area contributed by atoms with E-state index in [0.717, 1.165) is 25.9 Å². The van der Waals surface area contributed by atoms with Gasteiger partial charge in [-0.2, -0.15) is 0 Å². The van der Waals surface area contributed by atoms with Crippen LogP contribution in [0.4, 0.5) is 0 Å². The normalized spacial score (nSPS) is 50.6. The van der Waals surface area contributed by atoms with Crippen molar-refractivity contribution in [2.24, 2.45) is 28.6 Å². The quantitative estimate of drug-likeness (QED) is 0.689. The van der Waals surface area contributed by atoms with Crippen LogP contribution in [0.5, 0.6) is 0 Å². The van der Waals surface area contributed by atoms with Gasteiger partial charge >= 0.3 is 5.97 Å². The SMILES string of the molecule is CC(=O)O[C@H]1CC[C@@]2(C)[C@@H](CC[C@H]3[C@@H]4OCC[C@@]4(C)CC[C@@H]32)C1=O. The van der Waals surface area contributed by atoms with Gasteiger partial charge in [0.05, 0.1) is 6.10 Å². The lowest BCUT2D eigenvalue weighted by Gasteiger charge is -2.59. The van der Waals surface area contributed by atoms with E-state index >= 15 is 0 Å². The number of Topliss-reactive ketones (excluding diaryl/α,β-unsaturated/α-hetero) is 1. The number of fused-ring (bicyclic) bond motifs is 5. The Labute approximate surface area is 144 Å². The van der Waals surface area contributed by atoms with Crippen LogP contribution in [0, 0.1) is 28.6 Å². The second-order valence-electron chi connectivity index (χ2n) is 9.18. The number of ether oxygens (including phenoxy) is 2. The second-order valence-corrected chi connectivity index (χ2v) is 9.18. The van der Waals surface area contributed by atoms with Crippen LogP contribution < -0.4 is 0 Å². The van der Waals surface area contributed by atoms with Crippen LogP contribution in [-0.4, -0.2) is 30.6 Å². The van der Waals surface area contributed by atoms with Crippen molar-refractivity contribution in [2.45, 2.75) is 77.9 Å². The summed E-state index contributed by atoms with van der Waals surface area (Å²) in [5, 5.41) is 0. The molecule has 0 aromatic carbocycles. The molecule has 4 fully saturated rings. The van der Waals surface area contributed by atoms with E-state index in [2.05, 4.69) is 13.8 Å². The Morgan fingerprint density at radius 1 is 1.12 bits per heavy atom. The van der Waals surface area contributed by atoms with E-state index in [-0.39, 0.29) is 23.1 Å². The van der Waals surface area contributed by atoms with Crippen LogP contribution >= 0.6 is 0 Å². The van der Waals surface area contributed by atoms with Crippen molar-refractivity contribution in [1.82, 2.24) is 0 Å². The van der Waals surface area contributed by atoms with E-state index in [1.54, 1.807) is 0 Å². The minimum Gasteiger partial charge on any atom is -0.455 e. The Morgan fingerprint density at radius 3 is 2.67 bits per heavy atom. The van der Waals surface area contributed by atoms with Gasteiger partial charge in [0.1, 0.15) is 0 Å². The molecule has 0 spiro atoms. The Hall–Kier alpha value is -0.900. The molecule has 4 nitrogen and oxygen atoms in total. The summed E-state index contributed by atoms with van der Waals surface area (Å²) in [4.78, 5) is 24.3. The van der Waals surface area contributed by atoms with Gasteiger partial charge in [0.15, 0.2) is 11.9 Å². The largest absolute Gasteiger partial charge is 0.455 e. The third kappa shape index (κ3) is 2.28. The van der Waals surface area contributed by atoms with Crippen molar-refractivity contribution in [3.63, 3.8) is 0 Å². The number of hydrogen-bond donors (Lipinski definition) is 0. The zero-order chi connectivity index (χ0) is 17.1. The van der Waals surface area contributed by atoms with Gasteiger partial charge in [-0.3, -0.25) is 9.59 Å². The first-order valence-electron chi connectivity index (χ1n) is 9.68. The molecule has 0 aromatic rings. The molecule has 0 aromatic heterocycles. The van der Waals surface area contributed by atoms with Gasteiger partial charge in [0.25, 0.3) is 0 Å². The molecule has 0 radical (unpaired) electrons. The van der Waals surface area contributed by atoms with Crippen LogP contribution in [0.25, 0.3) is 0 Å². The van der Waals surface area contributed by atoms with Crippen molar-refractivity contribution in [2.75, 3.05) is 6.61 Å². The van der Waals surface area contributed by atoms with E-state index < -0.39 is 6.10 Å². The van der Waals surface area contributed by atoms with Crippen molar-refractivity contribution >= 4 is 11.8 Å². The fourth-order valence-corrected chi connectivity index (χ4v) is 6.65. The summed E-state index contributed by atoms with van der Waals surface area (Å²) in [5.74, 6) is 1.08. The highest BCUT2D eigenvalue weighted by Gasteiger charge is 2.61. The van der Waals surface area contributed by atoms with Crippen molar-refractivity contribution in [3.05, 3.63) is 0 Å². The molecule has 3 saturated carbocycles. The summed E-state index contributed by atoms with van der Waals surface area (Å²) in [6, 6.07) is 0. The molecule has 7 atom stereocenters. The average molecular weight is 334 g/mol. The fourth-order valence-electron chi connectivity index (χ4n) is 6.65. The first-order chi connectivity index (χ1) is 11.3. The lowest BCUT2D eigenvalue weighted by atomic mass is 9.46. The maximum absolute atomic E-state index is 13.0. The maximum atomic E-state index is 13.0. The summed E-state index contributed by atoms with van der Waals surface area (Å²) in [6.07, 6.45) is 7.22. The highest BCUT2D eigenvalue weighted by Crippen LogP contribution is 2.62. The molecule has 0 amide bonds. The zero-order valence-electron chi connectivity index (χ0n) is 15.2. The minimum absolute atomic E-state index is 0.0580. The molecular weight excluding hydrogens is 304 g/mol. The zero-order valence-corrected chi connectivity index (χ0v) is 15.2. The summed E-state index contributed by atoms with van der Waals surface area (Å²) >= 11 is 0. The highest BCUT2D eigenvalue weighted by molar-refractivity contribution is 5.89. The molecule has 1 heterocycles. The molecule has 1 aliphatic heterocycles. The van der Waals surface area contributed by atoms with Crippen LogP contribution in [0.15, 0.2) is 0 Å². The second kappa shape index (κ2) is 5.55. The standard InChI is InChI=1S/C20H30O4/c1-12(21)24-16-7-9-20(3)14-6-8-19(2)10-11-23-18(19)13(14)4-5-15(20)17(16)22/h13-16,18H,4-11H2,1-3H3/t13-,14+,15+,16+,18+,19-,20-/m1/s1. The van der Waals surface area contributed by atoms with Crippen LogP contribution in [0.3, 0.4) is 0 Å². The predicted octanol–water partition coefficient (Wildman–Crippen LogP) is 3.52. The number of carbonyl (C=O) groups excluding carboxylic acids is 2. The monoisotopic (exact) mass is 334 g/mol. The molecule has 1 saturated heterocycles. The number of ketones is 1. The van der Waals surface area contributed by atoms with Gasteiger partial charge in [0, 0.05) is 19.4 Å². The summed E-state index contributed by atoms with van der Waals surface area (Å²) in [7, 11) is 0. The summed E-state index contributed by atoms with van der Waals surface area (Å²) < 4.78 is 11.5. The van der Waals surface area contributed by atoms with Gasteiger partial charge in [-0.1, -0.05) is 13.8 Å². The maximum Gasteiger partial charge on any atom is 0.303 e. The molecule has 3 aliphatic carbocycles. The molecule has 0 N–H and O–H groups in total. The average Bonchev–Trinajstić information content (AvgIpc) is 2.92. The van der Waals surface area contributed by atoms with Crippen LogP contribution in [-0.2, 0) is 19.1 Å². The van der Waals surface area contributed by atoms with Gasteiger partial charge in [-0.05, 0) is 67.6 Å². The van der Waals surface area contributed by atoms with Gasteiger partial charge in [-0.15, -0.1) is 0 Å². The molecule has 134 valence electrons. The van der Waals surface area contributed by atoms with E-state index in [0.29, 0.717) is 29.8 Å². The van der Waals surface area contributed by atoms with Crippen molar-refractivity contribution in [3.8, 4) is 0 Å². The van der Waals surface area contributed by atoms with Gasteiger partial charge < -0.3 is 9.47 Å². The Kier molecular flexibility index (Phi) is 3.83. The summed E-state index contributed by atoms with van der Waals surface area (Å²) in [6.45, 7) is 7.03. The predicted molar refractivity (Wildman–Crippen MR) is 89.3 cm³/mol. The van der Waals surface area contributed by atoms with E-state index in [1.165, 1.54) is 26.2 Å².